The van der Waals surface area contributed by atoms with Crippen molar-refractivity contribution in [2.45, 2.75) is 31.5 Å². The third-order valence-electron chi connectivity index (χ3n) is 5.91. The van der Waals surface area contributed by atoms with Gasteiger partial charge in [-0.3, -0.25) is 9.58 Å². The monoisotopic (exact) mass is 341 g/mol. The molecule has 1 aromatic heterocycles. The molecule has 4 rings (SSSR count). The number of likely N-dealkylation sites (tertiary alicyclic amines) is 1. The Morgan fingerprint density at radius 1 is 1.08 bits per heavy atom. The van der Waals surface area contributed by atoms with Gasteiger partial charge in [0, 0.05) is 44.7 Å². The van der Waals surface area contributed by atoms with Crippen LogP contribution in [0.15, 0.2) is 42.7 Å². The second-order valence-corrected chi connectivity index (χ2v) is 7.33. The van der Waals surface area contributed by atoms with Crippen LogP contribution >= 0.6 is 0 Å². The fourth-order valence-corrected chi connectivity index (χ4v) is 4.70. The number of hydrogen-bond donors (Lipinski definition) is 0. The Morgan fingerprint density at radius 2 is 1.88 bits per heavy atom. The van der Waals surface area contributed by atoms with Crippen LogP contribution in [0, 0.1) is 11.8 Å². The molecule has 2 aliphatic rings. The van der Waals surface area contributed by atoms with E-state index in [1.807, 2.05) is 31.5 Å². The minimum atomic E-state index is 0.257. The van der Waals surface area contributed by atoms with E-state index in [2.05, 4.69) is 33.0 Å². The smallest absolute Gasteiger partial charge is 0.123 e. The molecule has 25 heavy (non-hydrogen) atoms. The van der Waals surface area contributed by atoms with Gasteiger partial charge in [0.05, 0.1) is 19.3 Å². The first-order valence-corrected chi connectivity index (χ1v) is 9.14. The lowest BCUT2D eigenvalue weighted by Crippen LogP contribution is -2.37. The maximum Gasteiger partial charge on any atom is 0.123 e. The number of ether oxygens (including phenoxy) is 2. The standard InChI is InChI=1S/C20H27N3O2/c1-24-19-7-4-3-6-15(19)12-22-13-16-10-18(23-9-5-8-21-23)20(25-2)11-17(16)14-22/h3-9,16-18,20H,10-14H2,1-2H3/t16-,17+,18-,20-/m0/s1. The van der Waals surface area contributed by atoms with E-state index in [1.54, 1.807) is 7.11 Å². The van der Waals surface area contributed by atoms with Crippen molar-refractivity contribution in [2.24, 2.45) is 11.8 Å². The summed E-state index contributed by atoms with van der Waals surface area (Å²) < 4.78 is 13.4. The molecule has 1 saturated heterocycles. The van der Waals surface area contributed by atoms with Crippen LogP contribution in [0.5, 0.6) is 5.75 Å². The van der Waals surface area contributed by atoms with Crippen LogP contribution in [-0.2, 0) is 11.3 Å². The van der Waals surface area contributed by atoms with E-state index < -0.39 is 0 Å². The van der Waals surface area contributed by atoms with Crippen LogP contribution in [0.25, 0.3) is 0 Å². The molecule has 0 spiro atoms. The van der Waals surface area contributed by atoms with E-state index in [9.17, 15) is 0 Å². The molecule has 0 radical (unpaired) electrons. The van der Waals surface area contributed by atoms with Crippen molar-refractivity contribution in [1.29, 1.82) is 0 Å². The average Bonchev–Trinajstić information content (AvgIpc) is 3.30. The summed E-state index contributed by atoms with van der Waals surface area (Å²) in [6, 6.07) is 10.7. The Kier molecular flexibility index (Phi) is 4.77. The SMILES string of the molecule is COc1ccccc1CN1C[C@H]2C[C@H](OC)[C@@H](n3cccn3)C[C@H]2C1. The highest BCUT2D eigenvalue weighted by Crippen LogP contribution is 2.42. The minimum Gasteiger partial charge on any atom is -0.496 e. The molecular weight excluding hydrogens is 314 g/mol. The second kappa shape index (κ2) is 7.18. The van der Waals surface area contributed by atoms with Crippen molar-refractivity contribution in [2.75, 3.05) is 27.3 Å². The number of para-hydroxylation sites is 1. The van der Waals surface area contributed by atoms with E-state index in [1.165, 1.54) is 5.56 Å². The molecule has 134 valence electrons. The number of aromatic nitrogens is 2. The van der Waals surface area contributed by atoms with Gasteiger partial charge in [-0.05, 0) is 36.8 Å². The molecule has 0 N–H and O–H groups in total. The summed E-state index contributed by atoms with van der Waals surface area (Å²) in [5.41, 5.74) is 1.27. The molecule has 0 amide bonds. The zero-order chi connectivity index (χ0) is 17.2. The second-order valence-electron chi connectivity index (χ2n) is 7.33. The van der Waals surface area contributed by atoms with Gasteiger partial charge in [-0.2, -0.15) is 5.10 Å². The van der Waals surface area contributed by atoms with E-state index in [-0.39, 0.29) is 6.10 Å². The summed E-state index contributed by atoms with van der Waals surface area (Å²) in [5, 5.41) is 4.47. The van der Waals surface area contributed by atoms with E-state index >= 15 is 0 Å². The zero-order valence-electron chi connectivity index (χ0n) is 15.0. The topological polar surface area (TPSA) is 39.5 Å². The van der Waals surface area contributed by atoms with E-state index in [0.29, 0.717) is 12.0 Å². The lowest BCUT2D eigenvalue weighted by molar-refractivity contribution is -0.00486. The summed E-state index contributed by atoms with van der Waals surface area (Å²) in [4.78, 5) is 2.57. The minimum absolute atomic E-state index is 0.257. The lowest BCUT2D eigenvalue weighted by Gasteiger charge is -2.37. The number of fused-ring (bicyclic) bond motifs is 1. The third-order valence-corrected chi connectivity index (χ3v) is 5.91. The predicted molar refractivity (Wildman–Crippen MR) is 96.5 cm³/mol. The lowest BCUT2D eigenvalue weighted by atomic mass is 9.77. The molecule has 0 bridgehead atoms. The van der Waals surface area contributed by atoms with Crippen LogP contribution in [0.3, 0.4) is 0 Å². The number of rotatable bonds is 5. The first-order chi connectivity index (χ1) is 12.3. The first-order valence-electron chi connectivity index (χ1n) is 9.14. The Hall–Kier alpha value is -1.85. The van der Waals surface area contributed by atoms with Gasteiger partial charge in [0.1, 0.15) is 5.75 Å². The maximum atomic E-state index is 5.83. The molecular formula is C20H27N3O2. The molecule has 4 atom stereocenters. The molecule has 1 aliphatic carbocycles. The first kappa shape index (κ1) is 16.6. The molecule has 2 fully saturated rings. The molecule has 1 saturated carbocycles. The summed E-state index contributed by atoms with van der Waals surface area (Å²) in [6.07, 6.45) is 6.45. The molecule has 0 unspecified atom stereocenters. The Balaban J connectivity index is 1.46. The number of hydrogen-bond acceptors (Lipinski definition) is 4. The third kappa shape index (κ3) is 3.31. The summed E-state index contributed by atoms with van der Waals surface area (Å²) in [7, 11) is 3.59. The van der Waals surface area contributed by atoms with Crippen LogP contribution in [-0.4, -0.2) is 48.1 Å². The van der Waals surface area contributed by atoms with Crippen LogP contribution in [0.4, 0.5) is 0 Å². The number of methoxy groups -OCH3 is 2. The van der Waals surface area contributed by atoms with Gasteiger partial charge in [-0.15, -0.1) is 0 Å². The van der Waals surface area contributed by atoms with Crippen molar-refractivity contribution >= 4 is 0 Å². The highest BCUT2D eigenvalue weighted by atomic mass is 16.5. The fourth-order valence-electron chi connectivity index (χ4n) is 4.70. The Morgan fingerprint density at radius 3 is 2.60 bits per heavy atom. The highest BCUT2D eigenvalue weighted by molar-refractivity contribution is 5.33. The van der Waals surface area contributed by atoms with Gasteiger partial charge in [0.15, 0.2) is 0 Å². The van der Waals surface area contributed by atoms with E-state index in [4.69, 9.17) is 9.47 Å². The van der Waals surface area contributed by atoms with Crippen molar-refractivity contribution in [3.63, 3.8) is 0 Å². The maximum absolute atomic E-state index is 5.83. The molecule has 1 aliphatic heterocycles. The highest BCUT2D eigenvalue weighted by Gasteiger charge is 2.43. The number of nitrogens with zero attached hydrogens (tertiary/aromatic N) is 3. The summed E-state index contributed by atoms with van der Waals surface area (Å²) in [5.74, 6) is 2.42. The van der Waals surface area contributed by atoms with Crippen LogP contribution in [0.1, 0.15) is 24.4 Å². The van der Waals surface area contributed by atoms with Gasteiger partial charge >= 0.3 is 0 Å². The molecule has 5 nitrogen and oxygen atoms in total. The van der Waals surface area contributed by atoms with Gasteiger partial charge < -0.3 is 9.47 Å². The van der Waals surface area contributed by atoms with Gasteiger partial charge in [0.2, 0.25) is 0 Å². The van der Waals surface area contributed by atoms with Gasteiger partial charge in [0.25, 0.3) is 0 Å². The van der Waals surface area contributed by atoms with E-state index in [0.717, 1.165) is 44.1 Å². The zero-order valence-corrected chi connectivity index (χ0v) is 15.0. The van der Waals surface area contributed by atoms with Gasteiger partial charge in [-0.25, -0.2) is 0 Å². The van der Waals surface area contributed by atoms with Crippen molar-refractivity contribution < 1.29 is 9.47 Å². The van der Waals surface area contributed by atoms with Gasteiger partial charge in [-0.1, -0.05) is 18.2 Å². The Labute approximate surface area is 149 Å². The molecule has 2 aromatic rings. The summed E-state index contributed by atoms with van der Waals surface area (Å²) >= 11 is 0. The fraction of sp³-hybridized carbons (Fsp3) is 0.550. The van der Waals surface area contributed by atoms with Crippen molar-refractivity contribution in [3.8, 4) is 5.75 Å². The van der Waals surface area contributed by atoms with Crippen molar-refractivity contribution in [1.82, 2.24) is 14.7 Å². The Bertz CT molecular complexity index is 688. The molecule has 2 heterocycles. The molecule has 1 aromatic carbocycles. The van der Waals surface area contributed by atoms with Crippen LogP contribution < -0.4 is 4.74 Å². The normalized spacial score (nSPS) is 29.5. The number of benzene rings is 1. The van der Waals surface area contributed by atoms with Crippen molar-refractivity contribution in [3.05, 3.63) is 48.3 Å². The predicted octanol–water partition coefficient (Wildman–Crippen LogP) is 2.99. The average molecular weight is 341 g/mol. The molecule has 5 heteroatoms. The summed E-state index contributed by atoms with van der Waals surface area (Å²) in [6.45, 7) is 3.26. The van der Waals surface area contributed by atoms with Crippen LogP contribution in [0.2, 0.25) is 0 Å². The largest absolute Gasteiger partial charge is 0.496 e. The quantitative estimate of drug-likeness (QED) is 0.838.